The monoisotopic (exact) mass is 395 g/mol. The van der Waals surface area contributed by atoms with Gasteiger partial charge in [0.1, 0.15) is 5.60 Å². The number of carbonyl (C=O) groups is 2. The Balaban J connectivity index is 2.61. The van der Waals surface area contributed by atoms with Crippen LogP contribution in [0.4, 0.5) is 4.79 Å². The van der Waals surface area contributed by atoms with Gasteiger partial charge in [-0.25, -0.2) is 9.59 Å². The molecular formula is C20H33NO5Si. The number of amides is 1. The molecule has 1 N–H and O–H groups in total. The summed E-state index contributed by atoms with van der Waals surface area (Å²) in [6, 6.07) is 9.57. The molecule has 0 saturated heterocycles. The van der Waals surface area contributed by atoms with E-state index in [-0.39, 0.29) is 6.61 Å². The molecule has 0 saturated carbocycles. The fourth-order valence-corrected chi connectivity index (χ4v) is 2.76. The highest BCUT2D eigenvalue weighted by atomic mass is 28.3. The second kappa shape index (κ2) is 10.5. The lowest BCUT2D eigenvalue weighted by Crippen LogP contribution is -2.47. The lowest BCUT2D eigenvalue weighted by molar-refractivity contribution is -0.147. The molecule has 7 heteroatoms. The molecule has 0 aliphatic heterocycles. The van der Waals surface area contributed by atoms with Gasteiger partial charge in [-0.3, -0.25) is 0 Å². The number of benzene rings is 1. The first-order chi connectivity index (χ1) is 12.5. The molecule has 1 aromatic carbocycles. The molecule has 1 amide bonds. The summed E-state index contributed by atoms with van der Waals surface area (Å²) in [6.07, 6.45) is -0.669. The number of ether oxygens (including phenoxy) is 3. The van der Waals surface area contributed by atoms with E-state index < -0.39 is 31.8 Å². The summed E-state index contributed by atoms with van der Waals surface area (Å²) >= 11 is 0. The minimum atomic E-state index is -1.31. The van der Waals surface area contributed by atoms with E-state index in [0.29, 0.717) is 13.2 Å². The number of nitrogens with one attached hydrogen (secondary N) is 1. The summed E-state index contributed by atoms with van der Waals surface area (Å²) in [4.78, 5) is 24.5. The Morgan fingerprint density at radius 3 is 2.30 bits per heavy atom. The van der Waals surface area contributed by atoms with Gasteiger partial charge in [-0.05, 0) is 32.4 Å². The van der Waals surface area contributed by atoms with Crippen molar-refractivity contribution >= 4 is 20.1 Å². The number of carbonyl (C=O) groups excluding carboxylic acids is 2. The maximum absolute atomic E-state index is 12.4. The first-order valence-corrected chi connectivity index (χ1v) is 12.9. The topological polar surface area (TPSA) is 73.9 Å². The summed E-state index contributed by atoms with van der Waals surface area (Å²) < 4.78 is 16.2. The number of hydrogen-bond donors (Lipinski definition) is 1. The van der Waals surface area contributed by atoms with E-state index in [4.69, 9.17) is 14.2 Å². The van der Waals surface area contributed by atoms with Gasteiger partial charge in [0.25, 0.3) is 0 Å². The summed E-state index contributed by atoms with van der Waals surface area (Å²) in [6.45, 7) is 12.6. The third-order valence-corrected chi connectivity index (χ3v) is 5.17. The molecule has 0 aliphatic rings. The number of hydrogen-bond acceptors (Lipinski definition) is 5. The molecular weight excluding hydrogens is 362 g/mol. The van der Waals surface area contributed by atoms with E-state index in [1.807, 2.05) is 30.3 Å². The second-order valence-corrected chi connectivity index (χ2v) is 14.3. The molecule has 1 aromatic rings. The summed E-state index contributed by atoms with van der Waals surface area (Å²) in [5.74, 6) is -0.507. The van der Waals surface area contributed by atoms with Crippen LogP contribution in [0.3, 0.4) is 0 Å². The van der Waals surface area contributed by atoms with Crippen LogP contribution in [0.2, 0.25) is 25.7 Å². The van der Waals surface area contributed by atoms with Gasteiger partial charge in [-0.1, -0.05) is 50.0 Å². The van der Waals surface area contributed by atoms with Gasteiger partial charge < -0.3 is 19.5 Å². The van der Waals surface area contributed by atoms with Crippen LogP contribution >= 0.6 is 0 Å². The van der Waals surface area contributed by atoms with Crippen molar-refractivity contribution in [1.82, 2.24) is 5.32 Å². The molecule has 0 bridgehead atoms. The van der Waals surface area contributed by atoms with Gasteiger partial charge in [-0.2, -0.15) is 0 Å². The third kappa shape index (κ3) is 11.5. The highest BCUT2D eigenvalue weighted by molar-refractivity contribution is 6.76. The molecule has 0 radical (unpaired) electrons. The molecule has 0 aliphatic carbocycles. The van der Waals surface area contributed by atoms with Gasteiger partial charge in [-0.15, -0.1) is 0 Å². The number of rotatable bonds is 9. The zero-order valence-corrected chi connectivity index (χ0v) is 18.3. The molecule has 0 spiro atoms. The van der Waals surface area contributed by atoms with Gasteiger partial charge in [0, 0.05) is 8.07 Å². The van der Waals surface area contributed by atoms with Crippen LogP contribution in [-0.4, -0.2) is 45.0 Å². The molecule has 0 aromatic heterocycles. The fraction of sp³-hybridized carbons (Fsp3) is 0.600. The van der Waals surface area contributed by atoms with Crippen molar-refractivity contribution in [3.63, 3.8) is 0 Å². The zero-order valence-electron chi connectivity index (χ0n) is 17.3. The fourth-order valence-electron chi connectivity index (χ4n) is 2.05. The normalized spacial score (nSPS) is 13.0. The van der Waals surface area contributed by atoms with Crippen LogP contribution in [0.25, 0.3) is 0 Å². The summed E-state index contributed by atoms with van der Waals surface area (Å²) in [5, 5.41) is 2.56. The average molecular weight is 396 g/mol. The van der Waals surface area contributed by atoms with Crippen molar-refractivity contribution in [2.45, 2.75) is 64.7 Å². The van der Waals surface area contributed by atoms with Gasteiger partial charge in [0.15, 0.2) is 6.04 Å². The highest BCUT2D eigenvalue weighted by Crippen LogP contribution is 2.10. The standard InChI is InChI=1S/C20H33NO5Si/c1-20(2,3)26-19(23)21-17(18(22)25-12-13-27(4,5)6)15-24-14-16-10-8-7-9-11-16/h7-11,17H,12-15H2,1-6H3,(H,21,23). The maximum Gasteiger partial charge on any atom is 0.408 e. The largest absolute Gasteiger partial charge is 0.464 e. The van der Waals surface area contributed by atoms with Crippen LogP contribution in [0.15, 0.2) is 30.3 Å². The Morgan fingerprint density at radius 1 is 1.11 bits per heavy atom. The van der Waals surface area contributed by atoms with Crippen LogP contribution in [-0.2, 0) is 25.6 Å². The van der Waals surface area contributed by atoms with Crippen molar-refractivity contribution in [3.05, 3.63) is 35.9 Å². The lowest BCUT2D eigenvalue weighted by Gasteiger charge is -2.23. The third-order valence-electron chi connectivity index (χ3n) is 3.47. The number of alkyl carbamates (subject to hydrolysis) is 1. The van der Waals surface area contributed by atoms with Crippen LogP contribution in [0.5, 0.6) is 0 Å². The first kappa shape index (κ1) is 23.2. The van der Waals surface area contributed by atoms with Gasteiger partial charge >= 0.3 is 12.1 Å². The van der Waals surface area contributed by atoms with Crippen molar-refractivity contribution < 1.29 is 23.8 Å². The van der Waals surface area contributed by atoms with E-state index in [2.05, 4.69) is 25.0 Å². The Morgan fingerprint density at radius 2 is 1.74 bits per heavy atom. The Kier molecular flexibility index (Phi) is 8.98. The quantitative estimate of drug-likeness (QED) is 0.506. The second-order valence-electron chi connectivity index (χ2n) is 8.68. The molecule has 6 nitrogen and oxygen atoms in total. The Hall–Kier alpha value is -1.86. The van der Waals surface area contributed by atoms with Crippen LogP contribution in [0.1, 0.15) is 26.3 Å². The Bertz CT molecular complexity index is 593. The van der Waals surface area contributed by atoms with E-state index in [1.165, 1.54) is 0 Å². The van der Waals surface area contributed by atoms with E-state index in [1.54, 1.807) is 20.8 Å². The highest BCUT2D eigenvalue weighted by Gasteiger charge is 2.26. The molecule has 27 heavy (non-hydrogen) atoms. The van der Waals surface area contributed by atoms with Crippen molar-refractivity contribution in [2.75, 3.05) is 13.2 Å². The number of esters is 1. The predicted molar refractivity (Wildman–Crippen MR) is 108 cm³/mol. The zero-order chi connectivity index (χ0) is 20.5. The van der Waals surface area contributed by atoms with Crippen LogP contribution in [0, 0.1) is 0 Å². The molecule has 0 heterocycles. The van der Waals surface area contributed by atoms with E-state index in [9.17, 15) is 9.59 Å². The molecule has 152 valence electrons. The van der Waals surface area contributed by atoms with Gasteiger partial charge in [0.2, 0.25) is 0 Å². The van der Waals surface area contributed by atoms with E-state index >= 15 is 0 Å². The average Bonchev–Trinajstić information content (AvgIpc) is 2.52. The maximum atomic E-state index is 12.4. The van der Waals surface area contributed by atoms with Crippen molar-refractivity contribution in [1.29, 1.82) is 0 Å². The van der Waals surface area contributed by atoms with Gasteiger partial charge in [0.05, 0.1) is 19.8 Å². The SMILES string of the molecule is CC(C)(C)OC(=O)NC(COCc1ccccc1)C(=O)OCC[Si](C)(C)C. The van der Waals surface area contributed by atoms with E-state index in [0.717, 1.165) is 11.6 Å². The first-order valence-electron chi connectivity index (χ1n) is 9.24. The molecule has 1 atom stereocenters. The molecule has 1 unspecified atom stereocenters. The lowest BCUT2D eigenvalue weighted by atomic mass is 10.2. The Labute approximate surface area is 163 Å². The summed E-state index contributed by atoms with van der Waals surface area (Å²) in [7, 11) is -1.31. The minimum absolute atomic E-state index is 0.0138. The smallest absolute Gasteiger partial charge is 0.408 e. The van der Waals surface area contributed by atoms with Crippen molar-refractivity contribution in [3.8, 4) is 0 Å². The molecule has 1 rings (SSSR count). The van der Waals surface area contributed by atoms with Crippen molar-refractivity contribution in [2.24, 2.45) is 0 Å². The summed E-state index contributed by atoms with van der Waals surface area (Å²) in [5.41, 5.74) is 0.335. The predicted octanol–water partition coefficient (Wildman–Crippen LogP) is 3.98. The minimum Gasteiger partial charge on any atom is -0.464 e. The van der Waals surface area contributed by atoms with Crippen LogP contribution < -0.4 is 5.32 Å². The molecule has 0 fully saturated rings.